The molecule has 2 aliphatic carbocycles. The van der Waals surface area contributed by atoms with Gasteiger partial charge >= 0.3 is 0 Å². The zero-order valence-corrected chi connectivity index (χ0v) is 24.5. The molecule has 4 heterocycles. The van der Waals surface area contributed by atoms with Crippen molar-refractivity contribution >= 4 is 28.5 Å². The predicted octanol–water partition coefficient (Wildman–Crippen LogP) is 3.82. The molecule has 7 rings (SSSR count). The summed E-state index contributed by atoms with van der Waals surface area (Å²) in [6.07, 6.45) is 6.74. The van der Waals surface area contributed by atoms with Crippen LogP contribution in [0.4, 0.5) is 0 Å². The predicted molar refractivity (Wildman–Crippen MR) is 156 cm³/mol. The standard InChI is InChI=1S/C31H38ClN5O4/c1-29(2)17-33-24(16-41-29)20-3-7-22(8-4-20)37-25(32)15-23-26(37)34-19-36(27(23)38)18-30(40)11-13-35(14-12-30)28(39)31(9-10-31)21-5-6-21/h3-4,7-8,15,19,21,24,33,40H,5-6,9-14,16-18H2,1-2H3/t24-/m0/s1. The SMILES string of the molecule is CC1(C)CN[C@H](c2ccc(-n3c(Cl)cc4c(=O)n(CC5(O)CCN(C(=O)C6(C7CC7)CC6)CC5)cnc43)cc2)CO1. The minimum Gasteiger partial charge on any atom is -0.388 e. The maximum Gasteiger partial charge on any atom is 0.262 e. The molecule has 218 valence electrons. The number of nitrogens with zero attached hydrogens (tertiary/aromatic N) is 4. The highest BCUT2D eigenvalue weighted by atomic mass is 35.5. The number of aromatic nitrogens is 3. The van der Waals surface area contributed by atoms with Crippen molar-refractivity contribution in [2.45, 2.75) is 76.2 Å². The van der Waals surface area contributed by atoms with Crippen LogP contribution in [0.25, 0.3) is 16.7 Å². The van der Waals surface area contributed by atoms with Crippen molar-refractivity contribution in [3.8, 4) is 5.69 Å². The van der Waals surface area contributed by atoms with Gasteiger partial charge in [0.2, 0.25) is 5.91 Å². The molecule has 4 aliphatic rings. The third-order valence-electron chi connectivity index (χ3n) is 9.73. The van der Waals surface area contributed by atoms with E-state index in [2.05, 4.69) is 24.1 Å². The first kappa shape index (κ1) is 27.1. The van der Waals surface area contributed by atoms with Gasteiger partial charge in [-0.05, 0) is 82.1 Å². The van der Waals surface area contributed by atoms with Gasteiger partial charge in [0.25, 0.3) is 5.56 Å². The van der Waals surface area contributed by atoms with Crippen LogP contribution in [0.2, 0.25) is 5.15 Å². The van der Waals surface area contributed by atoms with Gasteiger partial charge in [0.1, 0.15) is 11.5 Å². The number of rotatable bonds is 6. The van der Waals surface area contributed by atoms with Crippen molar-refractivity contribution in [1.29, 1.82) is 0 Å². The molecular formula is C31H38ClN5O4. The lowest BCUT2D eigenvalue weighted by Crippen LogP contribution is -2.51. The summed E-state index contributed by atoms with van der Waals surface area (Å²) in [4.78, 5) is 33.2. The lowest BCUT2D eigenvalue weighted by Gasteiger charge is -2.39. The van der Waals surface area contributed by atoms with Crippen molar-refractivity contribution in [2.24, 2.45) is 11.3 Å². The number of morpholine rings is 1. The van der Waals surface area contributed by atoms with E-state index in [1.165, 1.54) is 23.7 Å². The third-order valence-corrected chi connectivity index (χ3v) is 10.0. The third kappa shape index (κ3) is 4.90. The minimum atomic E-state index is -1.07. The van der Waals surface area contributed by atoms with Gasteiger partial charge in [-0.1, -0.05) is 23.7 Å². The summed E-state index contributed by atoms with van der Waals surface area (Å²) in [5, 5.41) is 15.7. The van der Waals surface area contributed by atoms with E-state index in [4.69, 9.17) is 16.3 Å². The first-order valence-electron chi connectivity index (χ1n) is 14.8. The van der Waals surface area contributed by atoms with Gasteiger partial charge in [-0.15, -0.1) is 0 Å². The van der Waals surface area contributed by atoms with Gasteiger partial charge in [-0.3, -0.25) is 18.7 Å². The number of nitrogens with one attached hydrogen (secondary N) is 1. The molecule has 0 bridgehead atoms. The van der Waals surface area contributed by atoms with Crippen LogP contribution >= 0.6 is 11.6 Å². The van der Waals surface area contributed by atoms with Gasteiger partial charge < -0.3 is 20.1 Å². The molecule has 2 aromatic heterocycles. The summed E-state index contributed by atoms with van der Waals surface area (Å²) in [6, 6.07) is 9.79. The zero-order valence-electron chi connectivity index (χ0n) is 23.7. The van der Waals surface area contributed by atoms with Gasteiger partial charge in [-0.25, -0.2) is 4.98 Å². The monoisotopic (exact) mass is 579 g/mol. The summed E-state index contributed by atoms with van der Waals surface area (Å²) in [6.45, 7) is 6.70. The Morgan fingerprint density at radius 1 is 1.15 bits per heavy atom. The molecule has 4 fully saturated rings. The van der Waals surface area contributed by atoms with Crippen molar-refractivity contribution in [1.82, 2.24) is 24.3 Å². The van der Waals surface area contributed by atoms with Crippen LogP contribution in [0.5, 0.6) is 0 Å². The Labute approximate surface area is 244 Å². The Kier molecular flexibility index (Phi) is 6.39. The lowest BCUT2D eigenvalue weighted by atomic mass is 9.89. The van der Waals surface area contributed by atoms with Crippen LogP contribution in [0.3, 0.4) is 0 Å². The van der Waals surface area contributed by atoms with Crippen molar-refractivity contribution < 1.29 is 14.6 Å². The van der Waals surface area contributed by atoms with Crippen LogP contribution in [0.1, 0.15) is 64.0 Å². The molecule has 41 heavy (non-hydrogen) atoms. The number of fused-ring (bicyclic) bond motifs is 1. The van der Waals surface area contributed by atoms with Crippen LogP contribution in [-0.4, -0.2) is 67.5 Å². The van der Waals surface area contributed by atoms with Crippen molar-refractivity contribution in [3.63, 3.8) is 0 Å². The number of hydrogen-bond donors (Lipinski definition) is 2. The van der Waals surface area contributed by atoms with E-state index in [0.29, 0.717) is 54.6 Å². The summed E-state index contributed by atoms with van der Waals surface area (Å²) < 4.78 is 9.22. The molecule has 2 N–H and O–H groups in total. The van der Waals surface area contributed by atoms with Gasteiger partial charge in [-0.2, -0.15) is 0 Å². The number of likely N-dealkylation sites (tertiary alicyclic amines) is 1. The smallest absolute Gasteiger partial charge is 0.262 e. The van der Waals surface area contributed by atoms with Crippen LogP contribution in [0, 0.1) is 11.3 Å². The second-order valence-electron chi connectivity index (χ2n) is 13.3. The molecule has 2 saturated carbocycles. The topological polar surface area (TPSA) is 102 Å². The summed E-state index contributed by atoms with van der Waals surface area (Å²) >= 11 is 6.64. The van der Waals surface area contributed by atoms with E-state index in [1.54, 1.807) is 10.6 Å². The Balaban J connectivity index is 1.06. The highest BCUT2D eigenvalue weighted by molar-refractivity contribution is 6.31. The lowest BCUT2D eigenvalue weighted by molar-refractivity contribution is -0.142. The summed E-state index contributed by atoms with van der Waals surface area (Å²) in [5.41, 5.74) is 0.822. The molecule has 1 aromatic carbocycles. The number of amides is 1. The molecule has 1 amide bonds. The number of piperidine rings is 1. The van der Waals surface area contributed by atoms with Crippen molar-refractivity contribution in [3.05, 3.63) is 57.7 Å². The average Bonchev–Trinajstić information content (AvgIpc) is 3.87. The quantitative estimate of drug-likeness (QED) is 0.460. The Morgan fingerprint density at radius 2 is 1.85 bits per heavy atom. The minimum absolute atomic E-state index is 0.105. The highest BCUT2D eigenvalue weighted by Crippen LogP contribution is 2.62. The Hall–Kier alpha value is -2.72. The number of hydrogen-bond acceptors (Lipinski definition) is 6. The number of ether oxygens (including phenoxy) is 1. The van der Waals surface area contributed by atoms with E-state index in [-0.39, 0.29) is 35.1 Å². The van der Waals surface area contributed by atoms with Gasteiger partial charge in [0.05, 0.1) is 41.2 Å². The highest BCUT2D eigenvalue weighted by Gasteiger charge is 2.60. The molecule has 2 aliphatic heterocycles. The van der Waals surface area contributed by atoms with Gasteiger partial charge in [0.15, 0.2) is 5.65 Å². The molecular weight excluding hydrogens is 542 g/mol. The zero-order chi connectivity index (χ0) is 28.6. The number of carbonyl (C=O) groups is 1. The number of aliphatic hydroxyl groups is 1. The van der Waals surface area contributed by atoms with E-state index in [9.17, 15) is 14.7 Å². The van der Waals surface area contributed by atoms with Crippen LogP contribution in [-0.2, 0) is 16.1 Å². The molecule has 0 spiro atoms. The second-order valence-corrected chi connectivity index (χ2v) is 13.6. The summed E-state index contributed by atoms with van der Waals surface area (Å²) in [5.74, 6) is 0.846. The molecule has 0 radical (unpaired) electrons. The van der Waals surface area contributed by atoms with E-state index >= 15 is 0 Å². The van der Waals surface area contributed by atoms with E-state index in [0.717, 1.165) is 30.6 Å². The fourth-order valence-electron chi connectivity index (χ4n) is 6.79. The van der Waals surface area contributed by atoms with E-state index < -0.39 is 5.60 Å². The normalized spacial score (nSPS) is 24.9. The first-order chi connectivity index (χ1) is 19.6. The maximum absolute atomic E-state index is 13.5. The van der Waals surface area contributed by atoms with Crippen LogP contribution < -0.4 is 10.9 Å². The maximum atomic E-state index is 13.5. The molecule has 9 nitrogen and oxygen atoms in total. The summed E-state index contributed by atoms with van der Waals surface area (Å²) in [7, 11) is 0. The molecule has 1 atom stereocenters. The molecule has 10 heteroatoms. The first-order valence-corrected chi connectivity index (χ1v) is 15.2. The molecule has 3 aromatic rings. The molecule has 0 unspecified atom stereocenters. The number of benzene rings is 1. The fourth-order valence-corrected chi connectivity index (χ4v) is 7.07. The van der Waals surface area contributed by atoms with Gasteiger partial charge in [0, 0.05) is 25.3 Å². The largest absolute Gasteiger partial charge is 0.388 e. The number of carbonyl (C=O) groups excluding carboxylic acids is 1. The van der Waals surface area contributed by atoms with Crippen molar-refractivity contribution in [2.75, 3.05) is 26.2 Å². The van der Waals surface area contributed by atoms with E-state index in [1.807, 2.05) is 29.2 Å². The number of halogens is 1. The fraction of sp³-hybridized carbons (Fsp3) is 0.581. The second kappa shape index (κ2) is 9.66. The van der Waals surface area contributed by atoms with Crippen LogP contribution in [0.15, 0.2) is 41.5 Å². The molecule has 2 saturated heterocycles. The Morgan fingerprint density at radius 3 is 2.46 bits per heavy atom. The average molecular weight is 580 g/mol. The Bertz CT molecular complexity index is 1530.